The normalized spacial score (nSPS) is 18.9. The molecule has 0 atom stereocenters. The van der Waals surface area contributed by atoms with Gasteiger partial charge in [-0.15, -0.1) is 0 Å². The number of hydrogen-bond donors (Lipinski definition) is 0. The number of halogens is 3. The molecular weight excluding hydrogens is 372 g/mol. The molecule has 1 fully saturated rings. The lowest BCUT2D eigenvalue weighted by molar-refractivity contribution is -0.0494. The molecule has 3 heterocycles. The largest absolute Gasteiger partial charge is 0.366 e. The number of nitrogens with zero attached hydrogens (tertiary/aromatic N) is 3. The first-order valence-corrected chi connectivity index (χ1v) is 9.43. The van der Waals surface area contributed by atoms with E-state index in [0.717, 1.165) is 30.2 Å². The van der Waals surface area contributed by atoms with Crippen LogP contribution in [0, 0.1) is 0 Å². The number of pyridine rings is 1. The molecule has 0 unspecified atom stereocenters. The van der Waals surface area contributed by atoms with Gasteiger partial charge in [0.05, 0.1) is 17.4 Å². The Balaban J connectivity index is 1.50. The molecule has 0 aliphatic carbocycles. The first kappa shape index (κ1) is 18.2. The Hall–Kier alpha value is -2.21. The van der Waals surface area contributed by atoms with Crippen molar-refractivity contribution in [2.75, 3.05) is 24.5 Å². The SMILES string of the molecule is O=C(c1cncc(N2CCc3cc(Cl)ccc3C2)c1)N1CCC(F)(F)CC1. The molecule has 0 spiro atoms. The molecule has 27 heavy (non-hydrogen) atoms. The van der Waals surface area contributed by atoms with Crippen LogP contribution in [-0.4, -0.2) is 41.3 Å². The zero-order chi connectivity index (χ0) is 19.0. The average molecular weight is 392 g/mol. The van der Waals surface area contributed by atoms with Gasteiger partial charge in [0, 0.05) is 50.2 Å². The van der Waals surface area contributed by atoms with E-state index in [1.807, 2.05) is 24.3 Å². The minimum atomic E-state index is -2.67. The molecule has 4 rings (SSSR count). The molecule has 1 aromatic heterocycles. The van der Waals surface area contributed by atoms with Crippen LogP contribution in [0.25, 0.3) is 0 Å². The van der Waals surface area contributed by atoms with Crippen molar-refractivity contribution >= 4 is 23.2 Å². The van der Waals surface area contributed by atoms with Crippen LogP contribution in [0.1, 0.15) is 34.3 Å². The van der Waals surface area contributed by atoms with E-state index < -0.39 is 5.92 Å². The Kier molecular flexibility index (Phi) is 4.76. The van der Waals surface area contributed by atoms with E-state index in [4.69, 9.17) is 11.6 Å². The third-order valence-corrected chi connectivity index (χ3v) is 5.53. The van der Waals surface area contributed by atoms with Crippen molar-refractivity contribution in [2.45, 2.75) is 31.7 Å². The summed E-state index contributed by atoms with van der Waals surface area (Å²) in [7, 11) is 0. The summed E-state index contributed by atoms with van der Waals surface area (Å²) in [5.41, 5.74) is 3.76. The second kappa shape index (κ2) is 7.08. The molecule has 1 aromatic carbocycles. The number of carbonyl (C=O) groups excluding carboxylic acids is 1. The maximum atomic E-state index is 13.3. The number of carbonyl (C=O) groups is 1. The van der Waals surface area contributed by atoms with Crippen molar-refractivity contribution in [1.82, 2.24) is 9.88 Å². The molecule has 2 aliphatic heterocycles. The molecule has 4 nitrogen and oxygen atoms in total. The summed E-state index contributed by atoms with van der Waals surface area (Å²) in [4.78, 5) is 20.6. The van der Waals surface area contributed by atoms with Crippen LogP contribution in [0.5, 0.6) is 0 Å². The van der Waals surface area contributed by atoms with Crippen LogP contribution in [-0.2, 0) is 13.0 Å². The highest BCUT2D eigenvalue weighted by molar-refractivity contribution is 6.30. The van der Waals surface area contributed by atoms with Crippen LogP contribution >= 0.6 is 11.6 Å². The fourth-order valence-corrected chi connectivity index (χ4v) is 3.87. The first-order valence-electron chi connectivity index (χ1n) is 9.06. The summed E-state index contributed by atoms with van der Waals surface area (Å²) in [5.74, 6) is -2.90. The van der Waals surface area contributed by atoms with E-state index in [0.29, 0.717) is 5.56 Å². The van der Waals surface area contributed by atoms with Gasteiger partial charge in [-0.2, -0.15) is 0 Å². The van der Waals surface area contributed by atoms with Gasteiger partial charge in [0.2, 0.25) is 0 Å². The van der Waals surface area contributed by atoms with E-state index >= 15 is 0 Å². The minimum absolute atomic E-state index is 0.0773. The van der Waals surface area contributed by atoms with Crippen molar-refractivity contribution in [3.8, 4) is 0 Å². The molecule has 0 N–H and O–H groups in total. The monoisotopic (exact) mass is 391 g/mol. The molecule has 0 radical (unpaired) electrons. The molecule has 142 valence electrons. The van der Waals surface area contributed by atoms with E-state index in [9.17, 15) is 13.6 Å². The molecule has 1 amide bonds. The summed E-state index contributed by atoms with van der Waals surface area (Å²) >= 11 is 6.06. The molecule has 0 saturated carbocycles. The summed E-state index contributed by atoms with van der Waals surface area (Å²) in [6.07, 6.45) is 3.56. The molecule has 7 heteroatoms. The van der Waals surface area contributed by atoms with Gasteiger partial charge in [-0.1, -0.05) is 17.7 Å². The standard InChI is InChI=1S/C20H20ClF2N3O/c21-17-2-1-15-13-26(6-3-14(15)9-17)18-10-16(11-24-12-18)19(27)25-7-4-20(22,23)5-8-25/h1-2,9-12H,3-8,13H2. The summed E-state index contributed by atoms with van der Waals surface area (Å²) in [5, 5.41) is 0.739. The minimum Gasteiger partial charge on any atom is -0.366 e. The lowest BCUT2D eigenvalue weighted by Crippen LogP contribution is -2.42. The number of hydrogen-bond acceptors (Lipinski definition) is 3. The van der Waals surface area contributed by atoms with Crippen molar-refractivity contribution in [3.05, 3.63) is 58.4 Å². The number of likely N-dealkylation sites (tertiary alicyclic amines) is 1. The summed E-state index contributed by atoms with van der Waals surface area (Å²) in [6.45, 7) is 1.69. The van der Waals surface area contributed by atoms with E-state index in [1.54, 1.807) is 6.20 Å². The number of benzene rings is 1. The van der Waals surface area contributed by atoms with Gasteiger partial charge in [-0.3, -0.25) is 9.78 Å². The third-order valence-electron chi connectivity index (χ3n) is 5.30. The maximum absolute atomic E-state index is 13.3. The Bertz CT molecular complexity index is 864. The van der Waals surface area contributed by atoms with Crippen LogP contribution in [0.15, 0.2) is 36.7 Å². The number of rotatable bonds is 2. The fraction of sp³-hybridized carbons (Fsp3) is 0.400. The molecule has 2 aliphatic rings. The van der Waals surface area contributed by atoms with Crippen LogP contribution < -0.4 is 4.90 Å². The Morgan fingerprint density at radius 2 is 1.85 bits per heavy atom. The van der Waals surface area contributed by atoms with Gasteiger partial charge >= 0.3 is 0 Å². The summed E-state index contributed by atoms with van der Waals surface area (Å²) in [6, 6.07) is 7.72. The highest BCUT2D eigenvalue weighted by Crippen LogP contribution is 2.29. The first-order chi connectivity index (χ1) is 12.9. The quantitative estimate of drug-likeness (QED) is 0.771. The van der Waals surface area contributed by atoms with Gasteiger partial charge in [-0.05, 0) is 35.7 Å². The third kappa shape index (κ3) is 3.90. The molecule has 1 saturated heterocycles. The Morgan fingerprint density at radius 3 is 2.63 bits per heavy atom. The van der Waals surface area contributed by atoms with Crippen LogP contribution in [0.2, 0.25) is 5.02 Å². The topological polar surface area (TPSA) is 36.4 Å². The number of amides is 1. The maximum Gasteiger partial charge on any atom is 0.255 e. The van der Waals surface area contributed by atoms with Crippen LogP contribution in [0.4, 0.5) is 14.5 Å². The van der Waals surface area contributed by atoms with Crippen molar-refractivity contribution in [1.29, 1.82) is 0 Å². The van der Waals surface area contributed by atoms with Crippen LogP contribution in [0.3, 0.4) is 0 Å². The number of alkyl halides is 2. The van der Waals surface area contributed by atoms with Gasteiger partial charge in [0.25, 0.3) is 11.8 Å². The number of anilines is 1. The van der Waals surface area contributed by atoms with E-state index in [1.165, 1.54) is 22.2 Å². The smallest absolute Gasteiger partial charge is 0.255 e. The lowest BCUT2D eigenvalue weighted by atomic mass is 9.99. The number of piperidine rings is 1. The highest BCUT2D eigenvalue weighted by atomic mass is 35.5. The van der Waals surface area contributed by atoms with E-state index in [2.05, 4.69) is 9.88 Å². The van der Waals surface area contributed by atoms with E-state index in [-0.39, 0.29) is 31.8 Å². The number of aromatic nitrogens is 1. The second-order valence-electron chi connectivity index (χ2n) is 7.16. The second-order valence-corrected chi connectivity index (χ2v) is 7.60. The predicted molar refractivity (Wildman–Crippen MR) is 101 cm³/mol. The zero-order valence-corrected chi connectivity index (χ0v) is 15.6. The van der Waals surface area contributed by atoms with Crippen molar-refractivity contribution in [2.24, 2.45) is 0 Å². The average Bonchev–Trinajstić information content (AvgIpc) is 2.67. The lowest BCUT2D eigenvalue weighted by Gasteiger charge is -2.32. The zero-order valence-electron chi connectivity index (χ0n) is 14.8. The summed E-state index contributed by atoms with van der Waals surface area (Å²) < 4.78 is 26.7. The van der Waals surface area contributed by atoms with Crippen molar-refractivity contribution < 1.29 is 13.6 Å². The van der Waals surface area contributed by atoms with Gasteiger partial charge in [-0.25, -0.2) is 8.78 Å². The molecule has 0 bridgehead atoms. The molecule has 2 aromatic rings. The molecular formula is C20H20ClF2N3O. The van der Waals surface area contributed by atoms with Crippen molar-refractivity contribution in [3.63, 3.8) is 0 Å². The van der Waals surface area contributed by atoms with Gasteiger partial charge < -0.3 is 9.80 Å². The van der Waals surface area contributed by atoms with Gasteiger partial charge in [0.15, 0.2) is 0 Å². The predicted octanol–water partition coefficient (Wildman–Crippen LogP) is 4.17. The van der Waals surface area contributed by atoms with Gasteiger partial charge in [0.1, 0.15) is 0 Å². The fourth-order valence-electron chi connectivity index (χ4n) is 3.68. The Morgan fingerprint density at radius 1 is 1.07 bits per heavy atom. The Labute approximate surface area is 161 Å². The number of fused-ring (bicyclic) bond motifs is 1. The highest BCUT2D eigenvalue weighted by Gasteiger charge is 2.36.